The van der Waals surface area contributed by atoms with Gasteiger partial charge in [0, 0.05) is 12.5 Å². The Morgan fingerprint density at radius 3 is 3.09 bits per heavy atom. The Morgan fingerprint density at radius 2 is 2.32 bits per heavy atom. The number of likely N-dealkylation sites (tertiary alicyclic amines) is 1. The molecule has 2 heterocycles. The first-order chi connectivity index (χ1) is 10.8. The van der Waals surface area contributed by atoms with Gasteiger partial charge >= 0.3 is 0 Å². The van der Waals surface area contributed by atoms with E-state index in [4.69, 9.17) is 9.26 Å². The van der Waals surface area contributed by atoms with Gasteiger partial charge in [0.2, 0.25) is 5.89 Å². The SMILES string of the molecule is CCc1noc(CN2CCCC2Cc2cccc(OC)c2)n1. The molecule has 118 valence electrons. The second kappa shape index (κ2) is 6.92. The highest BCUT2D eigenvalue weighted by molar-refractivity contribution is 5.29. The Balaban J connectivity index is 1.64. The summed E-state index contributed by atoms with van der Waals surface area (Å²) in [6.45, 7) is 3.89. The second-order valence-corrected chi connectivity index (χ2v) is 5.78. The first-order valence-corrected chi connectivity index (χ1v) is 7.97. The van der Waals surface area contributed by atoms with E-state index in [2.05, 4.69) is 33.2 Å². The number of aromatic nitrogens is 2. The van der Waals surface area contributed by atoms with Crippen LogP contribution < -0.4 is 4.74 Å². The summed E-state index contributed by atoms with van der Waals surface area (Å²) in [5.74, 6) is 2.44. The Labute approximate surface area is 131 Å². The molecule has 1 aliphatic rings. The van der Waals surface area contributed by atoms with Crippen molar-refractivity contribution in [3.05, 3.63) is 41.5 Å². The number of hydrogen-bond donors (Lipinski definition) is 0. The summed E-state index contributed by atoms with van der Waals surface area (Å²) in [5.41, 5.74) is 1.32. The van der Waals surface area contributed by atoms with Crippen molar-refractivity contribution in [1.29, 1.82) is 0 Å². The number of benzene rings is 1. The third kappa shape index (κ3) is 3.47. The van der Waals surface area contributed by atoms with E-state index in [1.165, 1.54) is 18.4 Å². The lowest BCUT2D eigenvalue weighted by atomic mass is 10.0. The zero-order valence-electron chi connectivity index (χ0n) is 13.3. The normalized spacial score (nSPS) is 18.7. The van der Waals surface area contributed by atoms with Crippen molar-refractivity contribution in [2.24, 2.45) is 0 Å². The topological polar surface area (TPSA) is 51.4 Å². The van der Waals surface area contributed by atoms with Gasteiger partial charge in [-0.15, -0.1) is 0 Å². The summed E-state index contributed by atoms with van der Waals surface area (Å²) in [6.07, 6.45) is 4.29. The molecule has 1 saturated heterocycles. The van der Waals surface area contributed by atoms with E-state index in [0.29, 0.717) is 6.04 Å². The van der Waals surface area contributed by atoms with Crippen LogP contribution in [-0.2, 0) is 19.4 Å². The molecule has 2 aromatic rings. The van der Waals surface area contributed by atoms with Crippen LogP contribution in [-0.4, -0.2) is 34.7 Å². The van der Waals surface area contributed by atoms with Crippen LogP contribution in [0.4, 0.5) is 0 Å². The highest BCUT2D eigenvalue weighted by Crippen LogP contribution is 2.24. The zero-order valence-corrected chi connectivity index (χ0v) is 13.3. The van der Waals surface area contributed by atoms with Gasteiger partial charge in [0.15, 0.2) is 5.82 Å². The molecule has 3 rings (SSSR count). The summed E-state index contributed by atoms with van der Waals surface area (Å²) >= 11 is 0. The lowest BCUT2D eigenvalue weighted by Gasteiger charge is -2.23. The average Bonchev–Trinajstić information content (AvgIpc) is 3.18. The third-order valence-corrected chi connectivity index (χ3v) is 4.27. The van der Waals surface area contributed by atoms with Gasteiger partial charge in [-0.3, -0.25) is 4.90 Å². The molecular weight excluding hydrogens is 278 g/mol. The zero-order chi connectivity index (χ0) is 15.4. The molecule has 1 unspecified atom stereocenters. The van der Waals surface area contributed by atoms with E-state index < -0.39 is 0 Å². The largest absolute Gasteiger partial charge is 0.497 e. The maximum atomic E-state index is 5.33. The van der Waals surface area contributed by atoms with Crippen molar-refractivity contribution in [1.82, 2.24) is 15.0 Å². The molecule has 0 spiro atoms. The maximum Gasteiger partial charge on any atom is 0.240 e. The van der Waals surface area contributed by atoms with E-state index in [1.54, 1.807) is 7.11 Å². The summed E-state index contributed by atoms with van der Waals surface area (Å²) in [7, 11) is 1.71. The van der Waals surface area contributed by atoms with Crippen molar-refractivity contribution in [2.75, 3.05) is 13.7 Å². The molecule has 0 N–H and O–H groups in total. The Hall–Kier alpha value is -1.88. The van der Waals surface area contributed by atoms with Crippen molar-refractivity contribution in [3.63, 3.8) is 0 Å². The van der Waals surface area contributed by atoms with Crippen LogP contribution in [0.15, 0.2) is 28.8 Å². The van der Waals surface area contributed by atoms with Crippen molar-refractivity contribution in [3.8, 4) is 5.75 Å². The standard InChI is InChI=1S/C17H23N3O2/c1-3-16-18-17(22-19-16)12-20-9-5-7-14(20)10-13-6-4-8-15(11-13)21-2/h4,6,8,11,14H,3,5,7,9-10,12H2,1-2H3. The average molecular weight is 301 g/mol. The monoisotopic (exact) mass is 301 g/mol. The molecule has 0 saturated carbocycles. The van der Waals surface area contributed by atoms with Gasteiger partial charge < -0.3 is 9.26 Å². The van der Waals surface area contributed by atoms with E-state index in [0.717, 1.165) is 43.4 Å². The minimum Gasteiger partial charge on any atom is -0.497 e. The van der Waals surface area contributed by atoms with Gasteiger partial charge in [-0.1, -0.05) is 24.2 Å². The van der Waals surface area contributed by atoms with Crippen LogP contribution in [0.3, 0.4) is 0 Å². The minimum atomic E-state index is 0.532. The molecule has 1 aromatic carbocycles. The Kier molecular flexibility index (Phi) is 4.73. The third-order valence-electron chi connectivity index (χ3n) is 4.27. The molecule has 1 aromatic heterocycles. The molecule has 22 heavy (non-hydrogen) atoms. The molecule has 1 atom stereocenters. The Bertz CT molecular complexity index is 611. The maximum absolute atomic E-state index is 5.33. The first-order valence-electron chi connectivity index (χ1n) is 7.97. The molecule has 1 aliphatic heterocycles. The summed E-state index contributed by atoms with van der Waals surface area (Å²) in [6, 6.07) is 8.86. The van der Waals surface area contributed by atoms with E-state index >= 15 is 0 Å². The van der Waals surface area contributed by atoms with Gasteiger partial charge in [-0.25, -0.2) is 0 Å². The first kappa shape index (κ1) is 15.0. The molecule has 0 radical (unpaired) electrons. The van der Waals surface area contributed by atoms with Crippen molar-refractivity contribution in [2.45, 2.75) is 45.2 Å². The number of hydrogen-bond acceptors (Lipinski definition) is 5. The fourth-order valence-corrected chi connectivity index (χ4v) is 3.08. The van der Waals surface area contributed by atoms with Gasteiger partial charge in [0.05, 0.1) is 13.7 Å². The summed E-state index contributed by atoms with van der Waals surface area (Å²) < 4.78 is 10.6. The van der Waals surface area contributed by atoms with Crippen molar-refractivity contribution >= 4 is 0 Å². The van der Waals surface area contributed by atoms with Crippen molar-refractivity contribution < 1.29 is 9.26 Å². The molecule has 1 fully saturated rings. The molecule has 0 bridgehead atoms. The van der Waals surface area contributed by atoms with Crippen LogP contribution in [0.1, 0.15) is 37.0 Å². The van der Waals surface area contributed by atoms with Crippen LogP contribution in [0.5, 0.6) is 5.75 Å². The number of ether oxygens (including phenoxy) is 1. The number of nitrogens with zero attached hydrogens (tertiary/aromatic N) is 3. The van der Waals surface area contributed by atoms with E-state index in [1.807, 2.05) is 13.0 Å². The number of rotatable bonds is 6. The Morgan fingerprint density at radius 1 is 1.41 bits per heavy atom. The predicted octanol–water partition coefficient (Wildman–Crippen LogP) is 2.85. The molecule has 0 amide bonds. The van der Waals surface area contributed by atoms with Gasteiger partial charge in [0.25, 0.3) is 0 Å². The molecule has 5 nitrogen and oxygen atoms in total. The van der Waals surface area contributed by atoms with Crippen LogP contribution >= 0.6 is 0 Å². The van der Waals surface area contributed by atoms with E-state index in [-0.39, 0.29) is 0 Å². The number of methoxy groups -OCH3 is 1. The second-order valence-electron chi connectivity index (χ2n) is 5.78. The van der Waals surface area contributed by atoms with Crippen LogP contribution in [0.25, 0.3) is 0 Å². The summed E-state index contributed by atoms with van der Waals surface area (Å²) in [4.78, 5) is 6.87. The quantitative estimate of drug-likeness (QED) is 0.821. The minimum absolute atomic E-state index is 0.532. The highest BCUT2D eigenvalue weighted by Gasteiger charge is 2.26. The highest BCUT2D eigenvalue weighted by atomic mass is 16.5. The van der Waals surface area contributed by atoms with Crippen LogP contribution in [0.2, 0.25) is 0 Å². The predicted molar refractivity (Wildman–Crippen MR) is 83.8 cm³/mol. The molecular formula is C17H23N3O2. The molecule has 0 aliphatic carbocycles. The van der Waals surface area contributed by atoms with E-state index in [9.17, 15) is 0 Å². The smallest absolute Gasteiger partial charge is 0.240 e. The fraction of sp³-hybridized carbons (Fsp3) is 0.529. The molecule has 5 heteroatoms. The van der Waals surface area contributed by atoms with Crippen LogP contribution in [0, 0.1) is 0 Å². The van der Waals surface area contributed by atoms with Gasteiger partial charge in [-0.2, -0.15) is 4.98 Å². The lowest BCUT2D eigenvalue weighted by molar-refractivity contribution is 0.209. The van der Waals surface area contributed by atoms with Gasteiger partial charge in [-0.05, 0) is 43.5 Å². The van der Waals surface area contributed by atoms with Gasteiger partial charge in [0.1, 0.15) is 5.75 Å². The lowest BCUT2D eigenvalue weighted by Crippen LogP contribution is -2.30. The number of aryl methyl sites for hydroxylation is 1. The fourth-order valence-electron chi connectivity index (χ4n) is 3.08. The summed E-state index contributed by atoms with van der Waals surface area (Å²) in [5, 5.41) is 3.98.